The average molecular weight is 447 g/mol. The predicted octanol–water partition coefficient (Wildman–Crippen LogP) is 3.39. The fourth-order valence-corrected chi connectivity index (χ4v) is 4.93. The third kappa shape index (κ3) is 4.42. The van der Waals surface area contributed by atoms with Crippen LogP contribution in [-0.4, -0.2) is 57.3 Å². The summed E-state index contributed by atoms with van der Waals surface area (Å²) in [4.78, 5) is 26.9. The van der Waals surface area contributed by atoms with Gasteiger partial charge in [-0.05, 0) is 49.4 Å². The van der Waals surface area contributed by atoms with Crippen LogP contribution < -0.4 is 9.64 Å². The van der Waals surface area contributed by atoms with Crippen LogP contribution in [0.5, 0.6) is 5.75 Å². The quantitative estimate of drug-likeness (QED) is 0.578. The van der Waals surface area contributed by atoms with Crippen molar-refractivity contribution < 1.29 is 9.53 Å². The van der Waals surface area contributed by atoms with Gasteiger partial charge in [0.15, 0.2) is 0 Å². The van der Waals surface area contributed by atoms with Crippen LogP contribution in [0.4, 0.5) is 5.95 Å². The van der Waals surface area contributed by atoms with Gasteiger partial charge in [-0.25, -0.2) is 9.97 Å². The summed E-state index contributed by atoms with van der Waals surface area (Å²) < 4.78 is 7.14. The molecule has 1 amide bonds. The first kappa shape index (κ1) is 21.4. The lowest BCUT2D eigenvalue weighted by Gasteiger charge is -2.24. The molecule has 0 spiro atoms. The Hall–Kier alpha value is -3.42. The van der Waals surface area contributed by atoms with Crippen molar-refractivity contribution in [3.63, 3.8) is 0 Å². The normalized spacial score (nSPS) is 18.2. The topological polar surface area (TPSA) is 76.4 Å². The molecule has 8 nitrogen and oxygen atoms in total. The molecule has 0 saturated carbocycles. The summed E-state index contributed by atoms with van der Waals surface area (Å²) in [7, 11) is 3.56. The summed E-state index contributed by atoms with van der Waals surface area (Å²) in [6.45, 7) is 2.74. The Morgan fingerprint density at radius 3 is 2.82 bits per heavy atom. The first-order chi connectivity index (χ1) is 16.1. The maximum absolute atomic E-state index is 13.3. The number of methoxy groups -OCH3 is 1. The molecule has 172 valence electrons. The number of hydrogen-bond donors (Lipinski definition) is 0. The van der Waals surface area contributed by atoms with E-state index in [2.05, 4.69) is 9.88 Å². The Balaban J connectivity index is 1.41. The SMILES string of the molecule is COc1cccc(CC(=O)N2CCCC2c2nn(C)cc2-c2ccnc(N3CCCC3)n2)c1. The number of aryl methyl sites for hydroxylation is 1. The fraction of sp³-hybridized carbons (Fsp3) is 0.440. The fourth-order valence-electron chi connectivity index (χ4n) is 4.93. The molecule has 4 heterocycles. The largest absolute Gasteiger partial charge is 0.497 e. The summed E-state index contributed by atoms with van der Waals surface area (Å²) in [5, 5.41) is 4.79. The first-order valence-corrected chi connectivity index (χ1v) is 11.7. The van der Waals surface area contributed by atoms with Crippen molar-refractivity contribution in [1.82, 2.24) is 24.6 Å². The van der Waals surface area contributed by atoms with E-state index in [0.29, 0.717) is 6.42 Å². The molecule has 0 aliphatic carbocycles. The average Bonchev–Trinajstić information content (AvgIpc) is 3.59. The number of rotatable bonds is 6. The van der Waals surface area contributed by atoms with Crippen molar-refractivity contribution in [2.45, 2.75) is 38.1 Å². The van der Waals surface area contributed by atoms with Crippen molar-refractivity contribution in [1.29, 1.82) is 0 Å². The molecule has 1 atom stereocenters. The molecular weight excluding hydrogens is 416 g/mol. The number of anilines is 1. The van der Waals surface area contributed by atoms with Crippen LogP contribution >= 0.6 is 0 Å². The van der Waals surface area contributed by atoms with Crippen molar-refractivity contribution in [3.05, 3.63) is 54.0 Å². The summed E-state index contributed by atoms with van der Waals surface area (Å²) in [5.74, 6) is 1.66. The number of nitrogens with zero attached hydrogens (tertiary/aromatic N) is 6. The molecule has 0 bridgehead atoms. The minimum absolute atomic E-state index is 0.0514. The van der Waals surface area contributed by atoms with E-state index in [1.54, 1.807) is 7.11 Å². The zero-order valence-electron chi connectivity index (χ0n) is 19.3. The van der Waals surface area contributed by atoms with Crippen molar-refractivity contribution in [3.8, 4) is 17.0 Å². The maximum Gasteiger partial charge on any atom is 0.227 e. The molecule has 2 aliphatic rings. The van der Waals surface area contributed by atoms with Gasteiger partial charge in [-0.1, -0.05) is 12.1 Å². The highest BCUT2D eigenvalue weighted by molar-refractivity contribution is 5.80. The summed E-state index contributed by atoms with van der Waals surface area (Å²) in [5.41, 5.74) is 3.71. The van der Waals surface area contributed by atoms with E-state index in [4.69, 9.17) is 14.8 Å². The number of ether oxygens (including phenoxy) is 1. The van der Waals surface area contributed by atoms with Crippen LogP contribution in [0.3, 0.4) is 0 Å². The van der Waals surface area contributed by atoms with Crippen LogP contribution in [0.2, 0.25) is 0 Å². The Kier molecular flexibility index (Phi) is 5.98. The second-order valence-electron chi connectivity index (χ2n) is 8.81. The lowest BCUT2D eigenvalue weighted by Crippen LogP contribution is -2.32. The molecule has 1 unspecified atom stereocenters. The molecule has 5 rings (SSSR count). The van der Waals surface area contributed by atoms with Crippen molar-refractivity contribution in [2.24, 2.45) is 7.05 Å². The number of carbonyl (C=O) groups excluding carboxylic acids is 1. The molecule has 1 aromatic carbocycles. The zero-order valence-corrected chi connectivity index (χ0v) is 19.3. The minimum Gasteiger partial charge on any atom is -0.497 e. The number of benzene rings is 1. The molecule has 2 aromatic heterocycles. The number of likely N-dealkylation sites (tertiary alicyclic amines) is 1. The molecular formula is C25H30N6O2. The Morgan fingerprint density at radius 2 is 2.00 bits per heavy atom. The molecule has 33 heavy (non-hydrogen) atoms. The Morgan fingerprint density at radius 1 is 1.15 bits per heavy atom. The molecule has 2 saturated heterocycles. The summed E-state index contributed by atoms with van der Waals surface area (Å²) in [6.07, 6.45) is 8.41. The van der Waals surface area contributed by atoms with Gasteiger partial charge in [-0.3, -0.25) is 9.48 Å². The van der Waals surface area contributed by atoms with E-state index < -0.39 is 0 Å². The smallest absolute Gasteiger partial charge is 0.227 e. The van der Waals surface area contributed by atoms with E-state index in [1.165, 1.54) is 12.8 Å². The number of amides is 1. The summed E-state index contributed by atoms with van der Waals surface area (Å²) >= 11 is 0. The van der Waals surface area contributed by atoms with Gasteiger partial charge in [0.05, 0.1) is 31.0 Å². The van der Waals surface area contributed by atoms with E-state index >= 15 is 0 Å². The molecule has 3 aromatic rings. The van der Waals surface area contributed by atoms with E-state index in [0.717, 1.165) is 66.7 Å². The van der Waals surface area contributed by atoms with Gasteiger partial charge in [-0.2, -0.15) is 5.10 Å². The van der Waals surface area contributed by atoms with Gasteiger partial charge >= 0.3 is 0 Å². The van der Waals surface area contributed by atoms with Crippen molar-refractivity contribution in [2.75, 3.05) is 31.6 Å². The highest BCUT2D eigenvalue weighted by Crippen LogP contribution is 2.37. The van der Waals surface area contributed by atoms with Crippen molar-refractivity contribution >= 4 is 11.9 Å². The van der Waals surface area contributed by atoms with Crippen LogP contribution in [0.15, 0.2) is 42.7 Å². The van der Waals surface area contributed by atoms with Gasteiger partial charge in [0.25, 0.3) is 0 Å². The van der Waals surface area contributed by atoms with E-state index in [9.17, 15) is 4.79 Å². The van der Waals surface area contributed by atoms with Gasteiger partial charge in [-0.15, -0.1) is 0 Å². The lowest BCUT2D eigenvalue weighted by atomic mass is 10.0. The first-order valence-electron chi connectivity index (χ1n) is 11.7. The monoisotopic (exact) mass is 446 g/mol. The van der Waals surface area contributed by atoms with Gasteiger partial charge in [0, 0.05) is 44.6 Å². The van der Waals surface area contributed by atoms with E-state index in [1.807, 2.05) is 59.4 Å². The Bertz CT molecular complexity index is 1140. The van der Waals surface area contributed by atoms with E-state index in [-0.39, 0.29) is 11.9 Å². The van der Waals surface area contributed by atoms with Crippen LogP contribution in [0.1, 0.15) is 43.0 Å². The Labute approximate surface area is 194 Å². The zero-order chi connectivity index (χ0) is 22.8. The second-order valence-corrected chi connectivity index (χ2v) is 8.81. The second kappa shape index (κ2) is 9.21. The van der Waals surface area contributed by atoms with Gasteiger partial charge in [0.2, 0.25) is 11.9 Å². The number of carbonyl (C=O) groups is 1. The van der Waals surface area contributed by atoms with Crippen LogP contribution in [0.25, 0.3) is 11.3 Å². The van der Waals surface area contributed by atoms with Crippen LogP contribution in [-0.2, 0) is 18.3 Å². The molecule has 2 fully saturated rings. The van der Waals surface area contributed by atoms with Gasteiger partial charge < -0.3 is 14.5 Å². The molecule has 2 aliphatic heterocycles. The molecule has 0 radical (unpaired) electrons. The number of hydrogen-bond acceptors (Lipinski definition) is 6. The third-order valence-electron chi connectivity index (χ3n) is 6.54. The predicted molar refractivity (Wildman–Crippen MR) is 126 cm³/mol. The highest BCUT2D eigenvalue weighted by atomic mass is 16.5. The molecule has 8 heteroatoms. The third-order valence-corrected chi connectivity index (χ3v) is 6.54. The number of aromatic nitrogens is 4. The standard InChI is InChI=1S/C25H30N6O2/c1-29-17-20(21-10-11-26-25(27-21)30-12-3-4-13-30)24(28-29)22-9-6-14-31(22)23(32)16-18-7-5-8-19(15-18)33-2/h5,7-8,10-11,15,17,22H,3-4,6,9,12-14,16H2,1-2H3. The lowest BCUT2D eigenvalue weighted by molar-refractivity contribution is -0.131. The van der Waals surface area contributed by atoms with Gasteiger partial charge in [0.1, 0.15) is 5.75 Å². The highest BCUT2D eigenvalue weighted by Gasteiger charge is 2.34. The summed E-state index contributed by atoms with van der Waals surface area (Å²) in [6, 6.07) is 9.60. The maximum atomic E-state index is 13.3. The van der Waals surface area contributed by atoms with Crippen LogP contribution in [0, 0.1) is 0 Å². The minimum atomic E-state index is -0.0514. The molecule has 0 N–H and O–H groups in total.